The Hall–Kier alpha value is -1.67. The Balaban J connectivity index is 0.654. The molecule has 0 radical (unpaired) electrons. The third-order valence-electron chi connectivity index (χ3n) is 23.1. The summed E-state index contributed by atoms with van der Waals surface area (Å²) in [6.07, 6.45) is -5.02. The highest BCUT2D eigenvalue weighted by Gasteiger charge is 2.66. The zero-order valence-electron chi connectivity index (χ0n) is 55.1. The molecule has 7 aliphatic heterocycles. The van der Waals surface area contributed by atoms with E-state index < -0.39 is 171 Å². The minimum absolute atomic E-state index is 0.101. The van der Waals surface area contributed by atoms with Crippen LogP contribution in [0.25, 0.3) is 0 Å². The molecule has 3 N–H and O–H groups in total. The quantitative estimate of drug-likeness (QED) is 0.114. The van der Waals surface area contributed by atoms with E-state index >= 15 is 0 Å². The van der Waals surface area contributed by atoms with Crippen molar-refractivity contribution < 1.29 is 115 Å². The van der Waals surface area contributed by atoms with Crippen LogP contribution in [-0.4, -0.2) is 235 Å². The maximum atomic E-state index is 12.8. The van der Waals surface area contributed by atoms with Crippen LogP contribution in [0.2, 0.25) is 0 Å². The monoisotopic (exact) mass is 1270 g/mol. The van der Waals surface area contributed by atoms with Crippen LogP contribution in [0.5, 0.6) is 0 Å². The Morgan fingerprint density at radius 1 is 0.607 bits per heavy atom. The first-order chi connectivity index (χ1) is 42.4. The number of aliphatic hydroxyl groups excluding tert-OH is 2. The molecule has 0 aromatic heterocycles. The van der Waals surface area contributed by atoms with Gasteiger partial charge in [0.1, 0.15) is 42.7 Å². The lowest BCUT2D eigenvalue weighted by Gasteiger charge is -2.59. The maximum Gasteiger partial charge on any atom is 0.303 e. The first-order valence-corrected chi connectivity index (χ1v) is 33.1. The molecule has 7 saturated heterocycles. The van der Waals surface area contributed by atoms with Crippen LogP contribution in [0.3, 0.4) is 0 Å². The lowest BCUT2D eigenvalue weighted by atomic mass is 9.46. The number of allylic oxidation sites excluding steroid dienone is 1. The van der Waals surface area contributed by atoms with Crippen LogP contribution in [0.1, 0.15) is 153 Å². The number of hydrogen-bond donors (Lipinski definition) is 3. The van der Waals surface area contributed by atoms with Crippen molar-refractivity contribution in [3.05, 3.63) is 11.6 Å². The van der Waals surface area contributed by atoms with E-state index in [4.69, 9.17) is 94.7 Å². The first kappa shape index (κ1) is 68.7. The number of ether oxygens (including phenoxy) is 20. The number of aliphatic hydroxyl groups is 3. The van der Waals surface area contributed by atoms with E-state index in [-0.39, 0.29) is 36.6 Å². The van der Waals surface area contributed by atoms with Crippen LogP contribution in [0, 0.1) is 28.6 Å². The molecule has 0 amide bonds. The van der Waals surface area contributed by atoms with Crippen LogP contribution in [-0.2, 0) is 99.5 Å². The fourth-order valence-electron chi connectivity index (χ4n) is 18.1. The molecule has 0 aromatic carbocycles. The molecule has 11 rings (SSSR count). The number of esters is 1. The molecule has 10 fully saturated rings. The summed E-state index contributed by atoms with van der Waals surface area (Å²) in [7, 11) is 7.90. The zero-order chi connectivity index (χ0) is 63.6. The normalized spacial score (nSPS) is 52.3. The second-order valence-electron chi connectivity index (χ2n) is 28.1. The number of rotatable bonds is 17. The summed E-state index contributed by atoms with van der Waals surface area (Å²) in [6.45, 7) is 19.1. The molecule has 24 heteroatoms. The number of fused-ring (bicyclic) bond motifs is 6. The second kappa shape index (κ2) is 27.8. The van der Waals surface area contributed by atoms with E-state index in [2.05, 4.69) is 19.9 Å². The first-order valence-electron chi connectivity index (χ1n) is 33.1. The Morgan fingerprint density at radius 3 is 1.74 bits per heavy atom. The highest BCUT2D eigenvalue weighted by atomic mass is 16.9. The van der Waals surface area contributed by atoms with Crippen LogP contribution in [0.15, 0.2) is 11.6 Å². The topological polar surface area (TPSA) is 262 Å². The van der Waals surface area contributed by atoms with Gasteiger partial charge < -0.3 is 110 Å². The molecule has 3 saturated carbocycles. The number of methoxy groups -OCH3 is 5. The van der Waals surface area contributed by atoms with Gasteiger partial charge >= 0.3 is 5.97 Å². The molecular weight excluding hydrogens is 1160 g/mol. The second-order valence-corrected chi connectivity index (χ2v) is 28.1. The molecule has 510 valence electrons. The summed E-state index contributed by atoms with van der Waals surface area (Å²) in [5, 5.41) is 34.2. The molecule has 33 unspecified atom stereocenters. The van der Waals surface area contributed by atoms with Crippen LogP contribution >= 0.6 is 0 Å². The van der Waals surface area contributed by atoms with E-state index in [1.54, 1.807) is 35.4 Å². The molecule has 0 bridgehead atoms. The largest absolute Gasteiger partial charge is 0.454 e. The summed E-state index contributed by atoms with van der Waals surface area (Å²) in [6, 6.07) is 0. The average Bonchev–Trinajstić information content (AvgIpc) is 1.67. The number of hydrogen-bond acceptors (Lipinski definition) is 24. The molecule has 4 aliphatic carbocycles. The predicted octanol–water partition coefficient (Wildman–Crippen LogP) is 5.86. The number of carbonyl (C=O) groups is 1. The van der Waals surface area contributed by atoms with Gasteiger partial charge in [-0.1, -0.05) is 25.5 Å². The predicted molar refractivity (Wildman–Crippen MR) is 312 cm³/mol. The highest BCUT2D eigenvalue weighted by Crippen LogP contribution is 2.68. The summed E-state index contributed by atoms with van der Waals surface area (Å²) in [5.41, 5.74) is 0.234. The Labute approximate surface area is 525 Å². The van der Waals surface area contributed by atoms with E-state index in [9.17, 15) is 20.1 Å². The van der Waals surface area contributed by atoms with Crippen molar-refractivity contribution in [2.75, 3.05) is 42.3 Å². The van der Waals surface area contributed by atoms with Gasteiger partial charge in [0.2, 0.25) is 0 Å². The van der Waals surface area contributed by atoms with Gasteiger partial charge in [-0.2, -0.15) is 0 Å². The van der Waals surface area contributed by atoms with Crippen molar-refractivity contribution in [3.8, 4) is 0 Å². The average molecular weight is 1270 g/mol. The van der Waals surface area contributed by atoms with E-state index in [1.807, 2.05) is 41.5 Å². The van der Waals surface area contributed by atoms with Crippen molar-refractivity contribution in [2.24, 2.45) is 28.6 Å². The smallest absolute Gasteiger partial charge is 0.303 e. The van der Waals surface area contributed by atoms with Crippen LogP contribution in [0.4, 0.5) is 0 Å². The SMILES string of the molecule is COC1CC(OC2C(C)OC3(CC2OC)OCOC2CC(OC(C)C4(O)CCC5C6CC=C7CC(O)CCC7(C)C6CCC54C)OC(C)C2O3)OC(C)C1OC1CC(OC)C(OC2CC(OC)C(OC3OC(C)C(O)C(OC)C3OC(C)=O)C(C)O2)C(C)O1. The Kier molecular flexibility index (Phi) is 21.5. The fourth-order valence-corrected chi connectivity index (χ4v) is 18.1. The van der Waals surface area contributed by atoms with Crippen molar-refractivity contribution in [2.45, 2.75) is 324 Å². The minimum atomic E-state index is -1.53. The van der Waals surface area contributed by atoms with Crippen molar-refractivity contribution in [1.82, 2.24) is 0 Å². The summed E-state index contributed by atoms with van der Waals surface area (Å²) < 4.78 is 127. The maximum absolute atomic E-state index is 12.8. The van der Waals surface area contributed by atoms with Gasteiger partial charge in [0, 0.05) is 73.6 Å². The van der Waals surface area contributed by atoms with Gasteiger partial charge in [0.15, 0.2) is 44.3 Å². The van der Waals surface area contributed by atoms with Gasteiger partial charge in [-0.3, -0.25) is 4.79 Å². The molecule has 33 atom stereocenters. The lowest BCUT2D eigenvalue weighted by molar-refractivity contribution is -0.447. The van der Waals surface area contributed by atoms with E-state index in [0.29, 0.717) is 43.4 Å². The van der Waals surface area contributed by atoms with Gasteiger partial charge in [-0.15, -0.1) is 0 Å². The third-order valence-corrected chi connectivity index (χ3v) is 23.1. The van der Waals surface area contributed by atoms with E-state index in [0.717, 1.165) is 44.9 Å². The van der Waals surface area contributed by atoms with Gasteiger partial charge in [0.25, 0.3) is 5.97 Å². The molecule has 1 spiro atoms. The highest BCUT2D eigenvalue weighted by molar-refractivity contribution is 5.66. The molecule has 89 heavy (non-hydrogen) atoms. The standard InChI is InChI=1S/C65H106O24/c1-31-53(68)59(74-15)60(83-38(8)66)61(81-31)87-56-34(4)79-51(27-46(56)72-13)85-54-32(2)77-50(25-44(54)70-11)84-55-33(3)78-52(26-45(55)71-12)86-57-36(6)88-65(29-48(57)73-14)76-30-75-47-28-49(80-35(5)58(47)89-65)82-37(7)64(69)23-20-43-41-17-16-39-24-40(67)18-21-62(39,9)42(41)19-22-63(43,64)10/h16,31-37,40-61,67-69H,17-30H2,1-15H3. The fraction of sp³-hybridized carbons (Fsp3) is 0.954. The summed E-state index contributed by atoms with van der Waals surface area (Å²) in [5.74, 6) is -0.662. The molecule has 24 nitrogen and oxygen atoms in total. The number of carbonyl (C=O) groups excluding carboxylic acids is 1. The minimum Gasteiger partial charge on any atom is -0.454 e. The molecule has 11 aliphatic rings. The Morgan fingerprint density at radius 2 is 1.17 bits per heavy atom. The summed E-state index contributed by atoms with van der Waals surface area (Å²) in [4.78, 5) is 12.1. The van der Waals surface area contributed by atoms with Gasteiger partial charge in [0.05, 0.1) is 91.4 Å². The molecule has 7 heterocycles. The van der Waals surface area contributed by atoms with E-state index in [1.165, 1.54) is 19.6 Å². The zero-order valence-corrected chi connectivity index (χ0v) is 55.1. The Bertz CT molecular complexity index is 2390. The lowest BCUT2D eigenvalue weighted by Crippen LogP contribution is -2.62. The van der Waals surface area contributed by atoms with Crippen molar-refractivity contribution in [3.63, 3.8) is 0 Å². The van der Waals surface area contributed by atoms with Crippen molar-refractivity contribution >= 4 is 5.97 Å². The van der Waals surface area contributed by atoms with Gasteiger partial charge in [-0.25, -0.2) is 0 Å². The van der Waals surface area contributed by atoms with Crippen molar-refractivity contribution in [1.29, 1.82) is 0 Å². The molecule has 0 aromatic rings. The summed E-state index contributed by atoms with van der Waals surface area (Å²) >= 11 is 0. The molecular formula is C65H106O24. The third kappa shape index (κ3) is 13.4. The van der Waals surface area contributed by atoms with Gasteiger partial charge in [-0.05, 0) is 123 Å². The van der Waals surface area contributed by atoms with Crippen LogP contribution < -0.4 is 0 Å².